The molecule has 6 N–H and O–H groups in total. The van der Waals surface area contributed by atoms with E-state index in [4.69, 9.17) is 37.6 Å². The van der Waals surface area contributed by atoms with Crippen LogP contribution in [-0.4, -0.2) is 23.8 Å². The monoisotopic (exact) mass is 393 g/mol. The van der Waals surface area contributed by atoms with E-state index in [2.05, 4.69) is 4.98 Å². The van der Waals surface area contributed by atoms with Crippen molar-refractivity contribution in [3.05, 3.63) is 52.6 Å². The minimum absolute atomic E-state index is 0.229. The number of H-pyrrole nitrogens is 1. The summed E-state index contributed by atoms with van der Waals surface area (Å²) in [6.45, 7) is 0.229. The average Bonchev–Trinajstić information content (AvgIpc) is 3.03. The van der Waals surface area contributed by atoms with Gasteiger partial charge in [-0.25, -0.2) is 9.78 Å². The third-order valence-corrected chi connectivity index (χ3v) is 3.73. The van der Waals surface area contributed by atoms with Gasteiger partial charge in [0.25, 0.3) is 0 Å². The van der Waals surface area contributed by atoms with Crippen LogP contribution in [0.2, 0.25) is 5.02 Å². The van der Waals surface area contributed by atoms with Crippen LogP contribution in [-0.2, 0) is 16.0 Å². The fourth-order valence-corrected chi connectivity index (χ4v) is 2.37. The van der Waals surface area contributed by atoms with E-state index >= 15 is 0 Å². The normalized spacial score (nSPS) is 11.7. The summed E-state index contributed by atoms with van der Waals surface area (Å²) in [6.07, 6.45) is 1.54. The second-order valence-corrected chi connectivity index (χ2v) is 5.72. The fraction of sp³-hybridized carbons (Fsp3) is 0.118. The highest BCUT2D eigenvalue weighted by Gasteiger charge is 2.17. The molecule has 0 radical (unpaired) electrons. The third-order valence-electron chi connectivity index (χ3n) is 3.37. The lowest BCUT2D eigenvalue weighted by molar-refractivity contribution is -0.343. The molecular weight excluding hydrogens is 378 g/mol. The molecule has 3 rings (SSSR count). The van der Waals surface area contributed by atoms with E-state index in [9.17, 15) is 14.7 Å². The maximum atomic E-state index is 9.53. The molecule has 27 heavy (non-hydrogen) atoms. The Balaban J connectivity index is 0.000000279. The molecule has 1 aliphatic heterocycles. The topological polar surface area (TPSA) is 162 Å². The number of fused-ring (bicyclic) bond motifs is 1. The molecule has 2 heterocycles. The highest BCUT2D eigenvalue weighted by molar-refractivity contribution is 6.31. The van der Waals surface area contributed by atoms with Gasteiger partial charge in [-0.15, -0.1) is 0 Å². The highest BCUT2D eigenvalue weighted by atomic mass is 35.5. The summed E-state index contributed by atoms with van der Waals surface area (Å²) in [5.41, 5.74) is 13.4. The Morgan fingerprint density at radius 1 is 1.19 bits per heavy atom. The van der Waals surface area contributed by atoms with Crippen LogP contribution in [0.5, 0.6) is 11.5 Å². The Kier molecular flexibility index (Phi) is 6.45. The maximum Gasteiger partial charge on any atom is 0.328 e. The molecule has 9 nitrogen and oxygen atoms in total. The smallest absolute Gasteiger partial charge is 0.328 e. The molecule has 10 heteroatoms. The molecule has 0 fully saturated rings. The molecule has 0 unspecified atom stereocenters. The number of ether oxygens (including phenoxy) is 2. The lowest BCUT2D eigenvalue weighted by Crippen LogP contribution is -2.19. The van der Waals surface area contributed by atoms with Gasteiger partial charge in [0.1, 0.15) is 0 Å². The van der Waals surface area contributed by atoms with Crippen LogP contribution in [0.1, 0.15) is 11.1 Å². The van der Waals surface area contributed by atoms with Crippen molar-refractivity contribution >= 4 is 35.2 Å². The number of aromatic nitrogens is 1. The van der Waals surface area contributed by atoms with Gasteiger partial charge in [-0.05, 0) is 23.8 Å². The minimum atomic E-state index is -1.51. The summed E-state index contributed by atoms with van der Waals surface area (Å²) in [6, 6.07) is 7.28. The van der Waals surface area contributed by atoms with Gasteiger partial charge >= 0.3 is 5.97 Å². The van der Waals surface area contributed by atoms with E-state index in [-0.39, 0.29) is 6.79 Å². The molecule has 1 aliphatic rings. The van der Waals surface area contributed by atoms with Crippen LogP contribution in [0.4, 0.5) is 11.6 Å². The summed E-state index contributed by atoms with van der Waals surface area (Å²) in [5, 5.41) is 17.9. The van der Waals surface area contributed by atoms with Gasteiger partial charge < -0.3 is 35.9 Å². The lowest BCUT2D eigenvalue weighted by Gasteiger charge is -2.07. The van der Waals surface area contributed by atoms with Crippen molar-refractivity contribution < 1.29 is 34.3 Å². The van der Waals surface area contributed by atoms with Crippen LogP contribution in [0.3, 0.4) is 0 Å². The Hall–Kier alpha value is -3.46. The zero-order valence-corrected chi connectivity index (χ0v) is 14.7. The molecule has 0 aliphatic carbocycles. The number of benzene rings is 1. The SMILES string of the molecule is Nc1ccc(Cc2cc3c(cc2Cl)OCO3)c(N)[nH+]1.O=C([O-])/C=C/C(=O)O. The van der Waals surface area contributed by atoms with Crippen molar-refractivity contribution in [1.82, 2.24) is 0 Å². The Labute approximate surface area is 158 Å². The molecular formula is C17H16ClN3O6. The number of pyridine rings is 1. The first-order chi connectivity index (χ1) is 12.8. The molecule has 2 aromatic rings. The number of nitrogens with one attached hydrogen (secondary N) is 1. The number of hydrogen-bond donors (Lipinski definition) is 3. The second kappa shape index (κ2) is 8.77. The molecule has 1 aromatic heterocycles. The number of carbonyl (C=O) groups is 2. The Bertz CT molecular complexity index is 884. The van der Waals surface area contributed by atoms with Crippen molar-refractivity contribution in [2.45, 2.75) is 6.42 Å². The molecule has 1 aromatic carbocycles. The van der Waals surface area contributed by atoms with Crippen molar-refractivity contribution in [2.75, 3.05) is 18.3 Å². The molecule has 0 atom stereocenters. The predicted molar refractivity (Wildman–Crippen MR) is 94.0 cm³/mol. The number of nitrogen functional groups attached to an aromatic ring is 2. The van der Waals surface area contributed by atoms with Gasteiger partial charge in [0.15, 0.2) is 11.5 Å². The van der Waals surface area contributed by atoms with Crippen LogP contribution in [0.15, 0.2) is 36.4 Å². The number of anilines is 2. The molecule has 0 saturated heterocycles. The maximum absolute atomic E-state index is 9.53. The average molecular weight is 394 g/mol. The van der Waals surface area contributed by atoms with Crippen LogP contribution >= 0.6 is 11.6 Å². The minimum Gasteiger partial charge on any atom is -0.545 e. The third kappa shape index (κ3) is 5.79. The van der Waals surface area contributed by atoms with E-state index in [1.807, 2.05) is 12.1 Å². The van der Waals surface area contributed by atoms with E-state index in [0.29, 0.717) is 46.7 Å². The first kappa shape index (κ1) is 19.9. The number of carboxylic acid groups (broad SMARTS) is 2. The summed E-state index contributed by atoms with van der Waals surface area (Å²) >= 11 is 6.23. The van der Waals surface area contributed by atoms with Crippen LogP contribution in [0.25, 0.3) is 0 Å². The van der Waals surface area contributed by atoms with Gasteiger partial charge in [-0.2, -0.15) is 0 Å². The van der Waals surface area contributed by atoms with Crippen LogP contribution in [0, 0.1) is 0 Å². The fourth-order valence-electron chi connectivity index (χ4n) is 2.15. The van der Waals surface area contributed by atoms with E-state index < -0.39 is 11.9 Å². The van der Waals surface area contributed by atoms with E-state index in [1.165, 1.54) is 0 Å². The Morgan fingerprint density at radius 2 is 1.85 bits per heavy atom. The second-order valence-electron chi connectivity index (χ2n) is 5.32. The van der Waals surface area contributed by atoms with Gasteiger partial charge in [0.2, 0.25) is 18.4 Å². The standard InChI is InChI=1S/C13H12ClN3O2.C4H4O4/c14-9-5-11-10(18-6-19-11)4-8(9)3-7-1-2-12(15)17-13(7)16;5-3(6)1-2-4(7)8/h1-2,4-5H,3,6H2,(H4,15,16,17);1-2H,(H,5,6)(H,7,8)/b;2-1+. The van der Waals surface area contributed by atoms with E-state index in [1.54, 1.807) is 12.1 Å². The van der Waals surface area contributed by atoms with Gasteiger partial charge in [0.05, 0.1) is 5.97 Å². The zero-order chi connectivity index (χ0) is 20.0. The number of aromatic amines is 1. The van der Waals surface area contributed by atoms with Crippen molar-refractivity contribution in [1.29, 1.82) is 0 Å². The first-order valence-electron chi connectivity index (χ1n) is 7.52. The number of rotatable bonds is 4. The van der Waals surface area contributed by atoms with Crippen molar-refractivity contribution in [3.63, 3.8) is 0 Å². The predicted octanol–water partition coefficient (Wildman–Crippen LogP) is 0.0151. The zero-order valence-electron chi connectivity index (χ0n) is 13.9. The lowest BCUT2D eigenvalue weighted by atomic mass is 10.0. The highest BCUT2D eigenvalue weighted by Crippen LogP contribution is 2.37. The molecule has 0 amide bonds. The van der Waals surface area contributed by atoms with Gasteiger partial charge in [-0.3, -0.25) is 0 Å². The number of carboxylic acids is 2. The van der Waals surface area contributed by atoms with Crippen molar-refractivity contribution in [2.24, 2.45) is 0 Å². The number of halogens is 1. The summed E-state index contributed by atoms with van der Waals surface area (Å²) < 4.78 is 10.6. The van der Waals surface area contributed by atoms with Crippen molar-refractivity contribution in [3.8, 4) is 11.5 Å². The molecule has 142 valence electrons. The summed E-state index contributed by atoms with van der Waals surface area (Å²) in [4.78, 5) is 21.9. The summed E-state index contributed by atoms with van der Waals surface area (Å²) in [7, 11) is 0. The molecule has 0 bridgehead atoms. The quantitative estimate of drug-likeness (QED) is 0.612. The molecule has 0 saturated carbocycles. The first-order valence-corrected chi connectivity index (χ1v) is 7.90. The number of nitrogens with two attached hydrogens (primary N) is 2. The Morgan fingerprint density at radius 3 is 2.41 bits per heavy atom. The molecule has 0 spiro atoms. The number of carbonyl (C=O) groups excluding carboxylic acids is 1. The van der Waals surface area contributed by atoms with Gasteiger partial charge in [-0.1, -0.05) is 11.6 Å². The van der Waals surface area contributed by atoms with Crippen LogP contribution < -0.4 is 31.0 Å². The largest absolute Gasteiger partial charge is 0.545 e. The number of hydrogen-bond acceptors (Lipinski definition) is 7. The van der Waals surface area contributed by atoms with E-state index in [0.717, 1.165) is 11.1 Å². The summed E-state index contributed by atoms with van der Waals surface area (Å²) in [5.74, 6) is -0.364. The van der Waals surface area contributed by atoms with Gasteiger partial charge in [0, 0.05) is 35.2 Å². The number of aliphatic carboxylic acids is 2.